The summed E-state index contributed by atoms with van der Waals surface area (Å²) in [4.78, 5) is 29.7. The number of nitrogens with two attached hydrogens (primary N) is 1. The molecule has 37 heavy (non-hydrogen) atoms. The number of rotatable bonds is 11. The second kappa shape index (κ2) is 11.8. The number of alkyl halides is 3. The summed E-state index contributed by atoms with van der Waals surface area (Å²) < 4.78 is 40.4. The predicted octanol–water partition coefficient (Wildman–Crippen LogP) is 4.58. The van der Waals surface area contributed by atoms with Crippen molar-refractivity contribution in [1.82, 2.24) is 9.80 Å². The smallest absolute Gasteiger partial charge is 0.368 e. The molecule has 3 rings (SSSR count). The van der Waals surface area contributed by atoms with E-state index in [0.717, 1.165) is 81.5 Å². The summed E-state index contributed by atoms with van der Waals surface area (Å²) in [6.07, 6.45) is 3.01. The van der Waals surface area contributed by atoms with Crippen LogP contribution in [0.25, 0.3) is 0 Å². The van der Waals surface area contributed by atoms with Crippen LogP contribution in [0.15, 0.2) is 18.2 Å². The zero-order chi connectivity index (χ0) is 27.4. The molecule has 0 saturated carbocycles. The molecule has 1 aromatic rings. The Bertz CT molecular complexity index is 1070. The number of carbonyl (C=O) groups excluding carboxylic acids is 2. The van der Waals surface area contributed by atoms with Crippen LogP contribution in [0.4, 0.5) is 18.9 Å². The van der Waals surface area contributed by atoms with Gasteiger partial charge in [-0.05, 0) is 83.0 Å². The van der Waals surface area contributed by atoms with E-state index >= 15 is 0 Å². The van der Waals surface area contributed by atoms with Crippen molar-refractivity contribution in [2.24, 2.45) is 5.73 Å². The van der Waals surface area contributed by atoms with Crippen molar-refractivity contribution in [3.05, 3.63) is 29.3 Å². The van der Waals surface area contributed by atoms with Crippen molar-refractivity contribution >= 4 is 34.8 Å². The Morgan fingerprint density at radius 3 is 2.38 bits per heavy atom. The molecule has 11 heteroatoms. The number of amides is 2. The zero-order valence-corrected chi connectivity index (χ0v) is 22.1. The van der Waals surface area contributed by atoms with Gasteiger partial charge in [0.05, 0.1) is 28.9 Å². The largest absolute Gasteiger partial charge is 0.417 e. The fourth-order valence-corrected chi connectivity index (χ4v) is 5.66. The Morgan fingerprint density at radius 1 is 1.16 bits per heavy atom. The van der Waals surface area contributed by atoms with Crippen LogP contribution in [0.3, 0.4) is 0 Å². The van der Waals surface area contributed by atoms with Gasteiger partial charge >= 0.3 is 6.18 Å². The maximum atomic E-state index is 13.5. The third kappa shape index (κ3) is 6.41. The summed E-state index contributed by atoms with van der Waals surface area (Å²) >= 11 is 5.53. The molecule has 2 fully saturated rings. The zero-order valence-electron chi connectivity index (χ0n) is 21.3. The van der Waals surface area contributed by atoms with Crippen LogP contribution in [0.5, 0.6) is 0 Å². The summed E-state index contributed by atoms with van der Waals surface area (Å²) in [6, 6.07) is 4.64. The minimum absolute atomic E-state index is 0.00785. The number of carbonyl (C=O) groups is 2. The molecule has 0 aromatic heterocycles. The molecular formula is C26H34F3N5O2S. The van der Waals surface area contributed by atoms with E-state index in [0.29, 0.717) is 6.54 Å². The molecule has 0 radical (unpaired) electrons. The molecular weight excluding hydrogens is 503 g/mol. The Labute approximate surface area is 221 Å². The van der Waals surface area contributed by atoms with E-state index in [-0.39, 0.29) is 22.7 Å². The van der Waals surface area contributed by atoms with Gasteiger partial charge in [0.15, 0.2) is 5.11 Å². The van der Waals surface area contributed by atoms with Gasteiger partial charge < -0.3 is 10.6 Å². The maximum absolute atomic E-state index is 13.5. The number of primary amides is 1. The number of anilines is 1. The number of likely N-dealkylation sites (tertiary alicyclic amines) is 1. The maximum Gasteiger partial charge on any atom is 0.417 e. The van der Waals surface area contributed by atoms with Gasteiger partial charge in [-0.2, -0.15) is 18.4 Å². The molecule has 0 unspecified atom stereocenters. The summed E-state index contributed by atoms with van der Waals surface area (Å²) in [5.74, 6) is -0.635. The average molecular weight is 538 g/mol. The molecule has 7 nitrogen and oxygen atoms in total. The third-order valence-corrected chi connectivity index (χ3v) is 7.68. The van der Waals surface area contributed by atoms with E-state index < -0.39 is 28.7 Å². The Hall–Kier alpha value is -2.71. The summed E-state index contributed by atoms with van der Waals surface area (Å²) in [6.45, 7) is 5.76. The van der Waals surface area contributed by atoms with E-state index in [1.165, 1.54) is 6.07 Å². The Kier molecular flexibility index (Phi) is 9.18. The normalized spacial score (nSPS) is 20.1. The number of benzene rings is 1. The Balaban J connectivity index is 1.50. The van der Waals surface area contributed by atoms with Crippen molar-refractivity contribution in [3.8, 4) is 6.07 Å². The third-order valence-electron chi connectivity index (χ3n) is 7.28. The molecule has 0 spiro atoms. The lowest BCUT2D eigenvalue weighted by atomic mass is 10.0. The highest BCUT2D eigenvalue weighted by molar-refractivity contribution is 7.80. The minimum atomic E-state index is -4.72. The van der Waals surface area contributed by atoms with E-state index in [1.807, 2.05) is 0 Å². The molecule has 2 heterocycles. The van der Waals surface area contributed by atoms with Gasteiger partial charge in [-0.25, -0.2) is 0 Å². The number of hydrogen-bond donors (Lipinski definition) is 1. The van der Waals surface area contributed by atoms with Gasteiger partial charge in [0.1, 0.15) is 5.54 Å². The summed E-state index contributed by atoms with van der Waals surface area (Å²) in [5, 5.41) is 9.22. The lowest BCUT2D eigenvalue weighted by molar-refractivity contribution is -0.137. The SMILES string of the molecule is CC1(C)C(=O)N(c2ccc(C#N)c(C(F)(F)F)c2)C(=S)N1CCCCCCCCN1CCC[C@H]1C(N)=O. The second-order valence-corrected chi connectivity index (χ2v) is 10.6. The molecule has 202 valence electrons. The van der Waals surface area contributed by atoms with Gasteiger partial charge in [0, 0.05) is 6.54 Å². The number of halogens is 3. The quantitative estimate of drug-likeness (QED) is 0.328. The van der Waals surface area contributed by atoms with Crippen LogP contribution in [0.1, 0.15) is 76.3 Å². The number of thiocarbonyl (C=S) groups is 1. The molecule has 2 amide bonds. The summed E-state index contributed by atoms with van der Waals surface area (Å²) in [5.41, 5.74) is 2.89. The summed E-state index contributed by atoms with van der Waals surface area (Å²) in [7, 11) is 0. The average Bonchev–Trinajstić information content (AvgIpc) is 3.36. The van der Waals surface area contributed by atoms with Crippen molar-refractivity contribution < 1.29 is 22.8 Å². The van der Waals surface area contributed by atoms with Crippen molar-refractivity contribution in [1.29, 1.82) is 5.26 Å². The van der Waals surface area contributed by atoms with Crippen molar-refractivity contribution in [3.63, 3.8) is 0 Å². The fraction of sp³-hybridized carbons (Fsp3) is 0.615. The van der Waals surface area contributed by atoms with Crippen LogP contribution in [-0.4, -0.2) is 57.9 Å². The van der Waals surface area contributed by atoms with Crippen LogP contribution >= 0.6 is 12.2 Å². The molecule has 0 aliphatic carbocycles. The Morgan fingerprint density at radius 2 is 1.78 bits per heavy atom. The first-order chi connectivity index (χ1) is 17.4. The topological polar surface area (TPSA) is 93.7 Å². The van der Waals surface area contributed by atoms with Gasteiger partial charge in [-0.3, -0.25) is 19.4 Å². The molecule has 2 N–H and O–H groups in total. The van der Waals surface area contributed by atoms with E-state index in [4.69, 9.17) is 23.2 Å². The highest BCUT2D eigenvalue weighted by Gasteiger charge is 2.49. The molecule has 2 saturated heterocycles. The monoisotopic (exact) mass is 537 g/mol. The van der Waals surface area contributed by atoms with Gasteiger partial charge in [0.2, 0.25) is 5.91 Å². The lowest BCUT2D eigenvalue weighted by Crippen LogP contribution is -2.44. The predicted molar refractivity (Wildman–Crippen MR) is 139 cm³/mol. The molecule has 2 aliphatic heterocycles. The molecule has 1 atom stereocenters. The standard InChI is InChI=1S/C26H34F3N5O2S/c1-25(2)23(36)34(19-12-11-18(17-30)20(16-19)26(27,28)29)24(37)33(25)15-8-6-4-3-5-7-13-32-14-9-10-21(32)22(31)35/h11-12,16,21H,3-10,13-15H2,1-2H3,(H2,31,35)/t21-/m0/s1. The molecule has 2 aliphatic rings. The van der Waals surface area contributed by atoms with E-state index in [2.05, 4.69) is 4.90 Å². The minimum Gasteiger partial charge on any atom is -0.368 e. The number of nitriles is 1. The van der Waals surface area contributed by atoms with E-state index in [1.54, 1.807) is 24.8 Å². The van der Waals surface area contributed by atoms with E-state index in [9.17, 15) is 22.8 Å². The van der Waals surface area contributed by atoms with Gasteiger partial charge in [-0.15, -0.1) is 0 Å². The first-order valence-electron chi connectivity index (χ1n) is 12.7. The van der Waals surface area contributed by atoms with Gasteiger partial charge in [0.25, 0.3) is 5.91 Å². The van der Waals surface area contributed by atoms with Crippen molar-refractivity contribution in [2.75, 3.05) is 24.5 Å². The first-order valence-corrected chi connectivity index (χ1v) is 13.1. The number of nitrogens with zero attached hydrogens (tertiary/aromatic N) is 4. The number of unbranched alkanes of at least 4 members (excludes halogenated alkanes) is 5. The molecule has 1 aromatic carbocycles. The van der Waals surface area contributed by atoms with Crippen molar-refractivity contribution in [2.45, 2.75) is 83.0 Å². The highest BCUT2D eigenvalue weighted by Crippen LogP contribution is 2.38. The van der Waals surface area contributed by atoms with Crippen LogP contribution in [-0.2, 0) is 15.8 Å². The van der Waals surface area contributed by atoms with Gasteiger partial charge in [-0.1, -0.05) is 25.7 Å². The van der Waals surface area contributed by atoms with Crippen LogP contribution in [0.2, 0.25) is 0 Å². The van der Waals surface area contributed by atoms with Crippen LogP contribution < -0.4 is 10.6 Å². The lowest BCUT2D eigenvalue weighted by Gasteiger charge is -2.29. The fourth-order valence-electron chi connectivity index (χ4n) is 5.15. The number of hydrogen-bond acceptors (Lipinski definition) is 5. The second-order valence-electron chi connectivity index (χ2n) is 10.2. The first kappa shape index (κ1) is 28.9. The van der Waals surface area contributed by atoms with Crippen LogP contribution in [0, 0.1) is 11.3 Å². The molecule has 0 bridgehead atoms. The highest BCUT2D eigenvalue weighted by atomic mass is 32.1.